The number of carboxylic acids is 1. The van der Waals surface area contributed by atoms with E-state index in [0.29, 0.717) is 23.7 Å². The van der Waals surface area contributed by atoms with Gasteiger partial charge >= 0.3 is 12.1 Å². The molecular formula is C21H33NO6. The van der Waals surface area contributed by atoms with E-state index in [0.717, 1.165) is 12.8 Å². The van der Waals surface area contributed by atoms with Gasteiger partial charge in [0.2, 0.25) is 0 Å². The van der Waals surface area contributed by atoms with E-state index in [1.807, 2.05) is 0 Å². The maximum Gasteiger partial charge on any atom is 0.408 e. The van der Waals surface area contributed by atoms with Gasteiger partial charge in [-0.05, 0) is 44.9 Å². The number of amides is 1. The van der Waals surface area contributed by atoms with Crippen molar-refractivity contribution in [1.82, 2.24) is 5.32 Å². The number of carboxylic acid groups (broad SMARTS) is 1. The van der Waals surface area contributed by atoms with Gasteiger partial charge in [-0.1, -0.05) is 32.3 Å². The van der Waals surface area contributed by atoms with Crippen molar-refractivity contribution in [2.24, 2.45) is 0 Å². The molecule has 7 heteroatoms. The summed E-state index contributed by atoms with van der Waals surface area (Å²) in [5, 5.41) is 11.8. The fourth-order valence-corrected chi connectivity index (χ4v) is 2.55. The minimum atomic E-state index is -1.14. The van der Waals surface area contributed by atoms with Gasteiger partial charge in [0, 0.05) is 6.42 Å². The van der Waals surface area contributed by atoms with Crippen molar-refractivity contribution in [2.45, 2.75) is 71.4 Å². The highest BCUT2D eigenvalue weighted by atomic mass is 16.6. The van der Waals surface area contributed by atoms with Crippen LogP contribution >= 0.6 is 0 Å². The summed E-state index contributed by atoms with van der Waals surface area (Å²) in [6.07, 6.45) is 3.77. The Morgan fingerprint density at radius 2 is 1.86 bits per heavy atom. The first-order chi connectivity index (χ1) is 13.2. The number of aliphatic carboxylic acids is 1. The molecule has 1 atom stereocenters. The number of methoxy groups -OCH3 is 1. The van der Waals surface area contributed by atoms with Crippen LogP contribution in [0.3, 0.4) is 0 Å². The molecule has 0 aliphatic rings. The third kappa shape index (κ3) is 8.97. The van der Waals surface area contributed by atoms with Crippen molar-refractivity contribution in [3.8, 4) is 11.5 Å². The van der Waals surface area contributed by atoms with Gasteiger partial charge in [-0.3, -0.25) is 0 Å². The van der Waals surface area contributed by atoms with Crippen molar-refractivity contribution in [1.29, 1.82) is 0 Å². The number of hydrogen-bond donors (Lipinski definition) is 2. The Hall–Kier alpha value is -2.44. The molecule has 1 aromatic carbocycles. The van der Waals surface area contributed by atoms with E-state index in [9.17, 15) is 14.7 Å². The minimum absolute atomic E-state index is 0.0989. The fourth-order valence-electron chi connectivity index (χ4n) is 2.55. The largest absolute Gasteiger partial charge is 0.493 e. The lowest BCUT2D eigenvalue weighted by Crippen LogP contribution is -2.44. The van der Waals surface area contributed by atoms with Crippen LogP contribution in [-0.2, 0) is 16.0 Å². The van der Waals surface area contributed by atoms with E-state index in [1.54, 1.807) is 39.0 Å². The van der Waals surface area contributed by atoms with Crippen molar-refractivity contribution in [3.63, 3.8) is 0 Å². The lowest BCUT2D eigenvalue weighted by atomic mass is 10.1. The Balaban J connectivity index is 2.74. The van der Waals surface area contributed by atoms with Crippen LogP contribution in [0.1, 0.15) is 58.9 Å². The number of carbonyl (C=O) groups is 2. The molecule has 0 spiro atoms. The average molecular weight is 395 g/mol. The topological polar surface area (TPSA) is 94.1 Å². The first-order valence-electron chi connectivity index (χ1n) is 9.68. The number of alkyl carbamates (subject to hydrolysis) is 1. The smallest absolute Gasteiger partial charge is 0.408 e. The number of unbranched alkanes of at least 4 members (excludes halogenated alkanes) is 3. The standard InChI is InChI=1S/C21H33NO6/c1-6-7-8-9-12-27-17-11-10-15(14-18(17)26-5)13-16(19(23)24)22-20(25)28-21(2,3)4/h10-11,14,16H,6-9,12-13H2,1-5H3,(H,22,25)(H,23,24). The summed E-state index contributed by atoms with van der Waals surface area (Å²) in [7, 11) is 1.54. The van der Waals surface area contributed by atoms with Gasteiger partial charge in [0.25, 0.3) is 0 Å². The number of hydrogen-bond acceptors (Lipinski definition) is 5. The van der Waals surface area contributed by atoms with E-state index >= 15 is 0 Å². The van der Waals surface area contributed by atoms with Crippen LogP contribution in [-0.4, -0.2) is 42.5 Å². The highest BCUT2D eigenvalue weighted by molar-refractivity contribution is 5.80. The first kappa shape index (κ1) is 23.6. The second-order valence-corrected chi connectivity index (χ2v) is 7.64. The molecule has 0 aromatic heterocycles. The lowest BCUT2D eigenvalue weighted by molar-refractivity contribution is -0.139. The van der Waals surface area contributed by atoms with Crippen molar-refractivity contribution in [3.05, 3.63) is 23.8 Å². The summed E-state index contributed by atoms with van der Waals surface area (Å²) >= 11 is 0. The van der Waals surface area contributed by atoms with Crippen LogP contribution in [0, 0.1) is 0 Å². The SMILES string of the molecule is CCCCCCOc1ccc(CC(NC(=O)OC(C)(C)C)C(=O)O)cc1OC. The Labute approximate surface area is 167 Å². The summed E-state index contributed by atoms with van der Waals surface area (Å²) in [4.78, 5) is 23.4. The second-order valence-electron chi connectivity index (χ2n) is 7.64. The van der Waals surface area contributed by atoms with Gasteiger partial charge in [-0.2, -0.15) is 0 Å². The van der Waals surface area contributed by atoms with Gasteiger partial charge in [0.05, 0.1) is 13.7 Å². The highest BCUT2D eigenvalue weighted by Gasteiger charge is 2.24. The molecule has 7 nitrogen and oxygen atoms in total. The zero-order valence-corrected chi connectivity index (χ0v) is 17.5. The van der Waals surface area contributed by atoms with Crippen molar-refractivity contribution < 1.29 is 28.9 Å². The third-order valence-corrected chi connectivity index (χ3v) is 3.91. The van der Waals surface area contributed by atoms with E-state index in [2.05, 4.69) is 12.2 Å². The van der Waals surface area contributed by atoms with E-state index in [-0.39, 0.29) is 6.42 Å². The normalized spacial score (nSPS) is 12.2. The van der Waals surface area contributed by atoms with Crippen LogP contribution < -0.4 is 14.8 Å². The van der Waals surface area contributed by atoms with Crippen LogP contribution in [0.25, 0.3) is 0 Å². The van der Waals surface area contributed by atoms with Crippen molar-refractivity contribution in [2.75, 3.05) is 13.7 Å². The van der Waals surface area contributed by atoms with Gasteiger partial charge in [0.1, 0.15) is 11.6 Å². The summed E-state index contributed by atoms with van der Waals surface area (Å²) in [5.41, 5.74) is 0.00516. The molecule has 0 bridgehead atoms. The third-order valence-electron chi connectivity index (χ3n) is 3.91. The maximum absolute atomic E-state index is 11.9. The van der Waals surface area contributed by atoms with E-state index in [1.165, 1.54) is 20.0 Å². The van der Waals surface area contributed by atoms with Crippen LogP contribution in [0.2, 0.25) is 0 Å². The Morgan fingerprint density at radius 1 is 1.14 bits per heavy atom. The zero-order chi connectivity index (χ0) is 21.2. The van der Waals surface area contributed by atoms with E-state index < -0.39 is 23.7 Å². The molecule has 0 saturated heterocycles. The summed E-state index contributed by atoms with van der Waals surface area (Å²) in [5.74, 6) is 0.0187. The zero-order valence-electron chi connectivity index (χ0n) is 17.5. The molecule has 1 amide bonds. The van der Waals surface area contributed by atoms with Crippen molar-refractivity contribution >= 4 is 12.1 Å². The van der Waals surface area contributed by atoms with Gasteiger partial charge in [0.15, 0.2) is 11.5 Å². The molecular weight excluding hydrogens is 362 g/mol. The second kappa shape index (κ2) is 11.4. The first-order valence-corrected chi connectivity index (χ1v) is 9.68. The molecule has 0 radical (unpaired) electrons. The highest BCUT2D eigenvalue weighted by Crippen LogP contribution is 2.29. The molecule has 1 rings (SSSR count). The van der Waals surface area contributed by atoms with Gasteiger partial charge < -0.3 is 24.6 Å². The molecule has 0 aliphatic carbocycles. The molecule has 28 heavy (non-hydrogen) atoms. The Kier molecular flexibility index (Phi) is 9.62. The molecule has 0 fully saturated rings. The Bertz CT molecular complexity index is 638. The molecule has 0 aliphatic heterocycles. The van der Waals surface area contributed by atoms with Crippen LogP contribution in [0.5, 0.6) is 11.5 Å². The molecule has 0 saturated carbocycles. The number of ether oxygens (including phenoxy) is 3. The summed E-state index contributed by atoms with van der Waals surface area (Å²) < 4.78 is 16.3. The summed E-state index contributed by atoms with van der Waals surface area (Å²) in [6.45, 7) is 7.91. The van der Waals surface area contributed by atoms with Gasteiger partial charge in [-0.15, -0.1) is 0 Å². The molecule has 1 unspecified atom stereocenters. The van der Waals surface area contributed by atoms with E-state index in [4.69, 9.17) is 14.2 Å². The quantitative estimate of drug-likeness (QED) is 0.546. The predicted octanol–water partition coefficient (Wildman–Crippen LogP) is 4.17. The van der Waals surface area contributed by atoms with Crippen LogP contribution in [0.4, 0.5) is 4.79 Å². The minimum Gasteiger partial charge on any atom is -0.493 e. The summed E-state index contributed by atoms with van der Waals surface area (Å²) in [6, 6.07) is 4.16. The Morgan fingerprint density at radius 3 is 2.43 bits per heavy atom. The fraction of sp³-hybridized carbons (Fsp3) is 0.619. The van der Waals surface area contributed by atoms with Crippen LogP contribution in [0.15, 0.2) is 18.2 Å². The number of rotatable bonds is 11. The molecule has 158 valence electrons. The van der Waals surface area contributed by atoms with Gasteiger partial charge in [-0.25, -0.2) is 9.59 Å². The molecule has 1 aromatic rings. The average Bonchev–Trinajstić information content (AvgIpc) is 2.60. The predicted molar refractivity (Wildman–Crippen MR) is 107 cm³/mol. The maximum atomic E-state index is 11.9. The number of nitrogens with one attached hydrogen (secondary N) is 1. The number of carbonyl (C=O) groups excluding carboxylic acids is 1. The lowest BCUT2D eigenvalue weighted by Gasteiger charge is -2.22. The monoisotopic (exact) mass is 395 g/mol. The molecule has 2 N–H and O–H groups in total. The molecule has 0 heterocycles. The number of benzene rings is 1.